The molecule has 0 aromatic heterocycles. The van der Waals surface area contributed by atoms with Gasteiger partial charge in [-0.1, -0.05) is 20.3 Å². The van der Waals surface area contributed by atoms with Crippen molar-refractivity contribution >= 4 is 16.6 Å². The molecule has 0 radical (unpaired) electrons. The van der Waals surface area contributed by atoms with E-state index in [1.807, 2.05) is 0 Å². The molecule has 13 heavy (non-hydrogen) atoms. The molecule has 0 saturated carbocycles. The highest BCUT2D eigenvalue weighted by atomic mass is 28.4. The predicted octanol–water partition coefficient (Wildman–Crippen LogP) is 4.09. The van der Waals surface area contributed by atoms with Crippen LogP contribution < -0.4 is 0 Å². The Bertz CT molecular complexity index is 147. The average Bonchev–Trinajstić information content (AvgIpc) is 1.78. The van der Waals surface area contributed by atoms with E-state index in [0.717, 1.165) is 5.92 Å². The molecule has 3 heteroatoms. The Labute approximate surface area is 86.1 Å². The third-order valence-electron chi connectivity index (χ3n) is 1.91. The minimum Gasteiger partial charge on any atom is -0.456 e. The highest BCUT2D eigenvalue weighted by molar-refractivity contribution is 6.84. The Morgan fingerprint density at radius 3 is 1.77 bits per heavy atom. The SMILES string of the molecule is CC(C)CC[Si](C)(C)O[Si](C)(C)C. The summed E-state index contributed by atoms with van der Waals surface area (Å²) in [5.74, 6) is 0.817. The van der Waals surface area contributed by atoms with Crippen molar-refractivity contribution in [3.63, 3.8) is 0 Å². The summed E-state index contributed by atoms with van der Waals surface area (Å²) in [7, 11) is -2.64. The molecule has 0 aliphatic rings. The van der Waals surface area contributed by atoms with Crippen molar-refractivity contribution < 1.29 is 4.12 Å². The van der Waals surface area contributed by atoms with Crippen LogP contribution in [0.4, 0.5) is 0 Å². The van der Waals surface area contributed by atoms with Gasteiger partial charge in [0.1, 0.15) is 0 Å². The molecule has 80 valence electrons. The minimum absolute atomic E-state index is 0.817. The zero-order valence-corrected chi connectivity index (χ0v) is 12.4. The second kappa shape index (κ2) is 4.76. The molecule has 0 aromatic carbocycles. The summed E-state index contributed by atoms with van der Waals surface area (Å²) >= 11 is 0. The van der Waals surface area contributed by atoms with Crippen LogP contribution in [0.5, 0.6) is 0 Å². The van der Waals surface area contributed by atoms with Crippen LogP contribution in [0.1, 0.15) is 20.3 Å². The normalized spacial score (nSPS) is 13.8. The molecule has 1 nitrogen and oxygen atoms in total. The summed E-state index contributed by atoms with van der Waals surface area (Å²) in [6, 6.07) is 1.31. The molecule has 0 heterocycles. The van der Waals surface area contributed by atoms with E-state index in [0.29, 0.717) is 0 Å². The smallest absolute Gasteiger partial charge is 0.173 e. The first-order valence-corrected chi connectivity index (χ1v) is 11.8. The van der Waals surface area contributed by atoms with Gasteiger partial charge in [0.2, 0.25) is 0 Å². The molecule has 0 aliphatic carbocycles. The highest BCUT2D eigenvalue weighted by Crippen LogP contribution is 2.21. The largest absolute Gasteiger partial charge is 0.456 e. The van der Waals surface area contributed by atoms with Crippen LogP contribution in [-0.4, -0.2) is 16.6 Å². The van der Waals surface area contributed by atoms with Crippen LogP contribution in [0.2, 0.25) is 38.8 Å². The summed E-state index contributed by atoms with van der Waals surface area (Å²) < 4.78 is 6.25. The monoisotopic (exact) mass is 218 g/mol. The van der Waals surface area contributed by atoms with E-state index in [-0.39, 0.29) is 0 Å². The fraction of sp³-hybridized carbons (Fsp3) is 1.00. The molecule has 0 rings (SSSR count). The second-order valence-electron chi connectivity index (χ2n) is 5.91. The van der Waals surface area contributed by atoms with Gasteiger partial charge in [0, 0.05) is 0 Å². The van der Waals surface area contributed by atoms with Crippen molar-refractivity contribution in [1.82, 2.24) is 0 Å². The quantitative estimate of drug-likeness (QED) is 0.632. The molecule has 0 fully saturated rings. The van der Waals surface area contributed by atoms with Crippen LogP contribution in [-0.2, 0) is 4.12 Å². The highest BCUT2D eigenvalue weighted by Gasteiger charge is 2.29. The fourth-order valence-corrected chi connectivity index (χ4v) is 9.83. The maximum atomic E-state index is 6.25. The Hall–Kier alpha value is 0.394. The van der Waals surface area contributed by atoms with Gasteiger partial charge in [0.25, 0.3) is 0 Å². The number of hydrogen-bond donors (Lipinski definition) is 0. The standard InChI is InChI=1S/C10H26OSi2/c1-10(2)8-9-13(6,7)11-12(3,4)5/h10H,8-9H2,1-7H3. The Morgan fingerprint density at radius 1 is 1.00 bits per heavy atom. The van der Waals surface area contributed by atoms with E-state index < -0.39 is 16.6 Å². The van der Waals surface area contributed by atoms with Crippen LogP contribution >= 0.6 is 0 Å². The molecule has 0 saturated heterocycles. The number of rotatable bonds is 5. The molecular formula is C10H26OSi2. The van der Waals surface area contributed by atoms with Crippen LogP contribution in [0.25, 0.3) is 0 Å². The Kier molecular flexibility index (Phi) is 4.90. The van der Waals surface area contributed by atoms with Gasteiger partial charge in [-0.3, -0.25) is 0 Å². The summed E-state index contributed by atoms with van der Waals surface area (Å²) in [6.07, 6.45) is 1.32. The predicted molar refractivity (Wildman–Crippen MR) is 66.2 cm³/mol. The summed E-state index contributed by atoms with van der Waals surface area (Å²) in [6.45, 7) is 16.2. The molecule has 0 atom stereocenters. The topological polar surface area (TPSA) is 9.23 Å². The first-order valence-electron chi connectivity index (χ1n) is 5.32. The van der Waals surface area contributed by atoms with Gasteiger partial charge < -0.3 is 4.12 Å². The lowest BCUT2D eigenvalue weighted by atomic mass is 10.2. The lowest BCUT2D eigenvalue weighted by Gasteiger charge is -2.32. The van der Waals surface area contributed by atoms with Crippen molar-refractivity contribution in [3.8, 4) is 0 Å². The van der Waals surface area contributed by atoms with E-state index in [1.165, 1.54) is 12.5 Å². The number of hydrogen-bond acceptors (Lipinski definition) is 1. The summed E-state index contributed by atoms with van der Waals surface area (Å²) in [4.78, 5) is 0. The Balaban J connectivity index is 3.94. The molecule has 0 amide bonds. The lowest BCUT2D eigenvalue weighted by molar-refractivity contribution is 0.525. The second-order valence-corrected chi connectivity index (χ2v) is 15.0. The average molecular weight is 218 g/mol. The van der Waals surface area contributed by atoms with Gasteiger partial charge >= 0.3 is 0 Å². The van der Waals surface area contributed by atoms with E-state index in [2.05, 4.69) is 46.6 Å². The lowest BCUT2D eigenvalue weighted by Crippen LogP contribution is -2.42. The molecule has 0 N–H and O–H groups in total. The third kappa shape index (κ3) is 8.72. The Morgan fingerprint density at radius 2 is 1.46 bits per heavy atom. The molecule has 0 aromatic rings. The maximum Gasteiger partial charge on any atom is 0.173 e. The molecule has 0 unspecified atom stereocenters. The van der Waals surface area contributed by atoms with Gasteiger partial charge in [-0.25, -0.2) is 0 Å². The first-order chi connectivity index (χ1) is 5.62. The van der Waals surface area contributed by atoms with Crippen LogP contribution in [0, 0.1) is 5.92 Å². The minimum atomic E-state index is -1.34. The van der Waals surface area contributed by atoms with Crippen LogP contribution in [0.15, 0.2) is 0 Å². The third-order valence-corrected chi connectivity index (χ3v) is 8.06. The van der Waals surface area contributed by atoms with E-state index >= 15 is 0 Å². The van der Waals surface area contributed by atoms with Gasteiger partial charge in [0.15, 0.2) is 16.6 Å². The van der Waals surface area contributed by atoms with Crippen molar-refractivity contribution in [2.24, 2.45) is 5.92 Å². The van der Waals surface area contributed by atoms with Crippen molar-refractivity contribution in [3.05, 3.63) is 0 Å². The summed E-state index contributed by atoms with van der Waals surface area (Å²) in [5.41, 5.74) is 0. The molecule has 0 bridgehead atoms. The first kappa shape index (κ1) is 13.4. The van der Waals surface area contributed by atoms with Crippen molar-refractivity contribution in [1.29, 1.82) is 0 Å². The van der Waals surface area contributed by atoms with E-state index in [4.69, 9.17) is 4.12 Å². The van der Waals surface area contributed by atoms with E-state index in [1.54, 1.807) is 0 Å². The summed E-state index contributed by atoms with van der Waals surface area (Å²) in [5, 5.41) is 0. The molecular weight excluding hydrogens is 192 g/mol. The zero-order valence-electron chi connectivity index (χ0n) is 10.4. The maximum absolute atomic E-state index is 6.25. The van der Waals surface area contributed by atoms with Gasteiger partial charge in [0.05, 0.1) is 0 Å². The van der Waals surface area contributed by atoms with E-state index in [9.17, 15) is 0 Å². The van der Waals surface area contributed by atoms with Gasteiger partial charge in [-0.15, -0.1) is 0 Å². The zero-order chi connectivity index (χ0) is 10.7. The fourth-order valence-electron chi connectivity index (χ4n) is 1.52. The molecule has 0 spiro atoms. The molecule has 0 aliphatic heterocycles. The van der Waals surface area contributed by atoms with Crippen molar-refractivity contribution in [2.45, 2.75) is 59.0 Å². The van der Waals surface area contributed by atoms with Crippen LogP contribution in [0.3, 0.4) is 0 Å². The van der Waals surface area contributed by atoms with Gasteiger partial charge in [-0.2, -0.15) is 0 Å². The van der Waals surface area contributed by atoms with Crippen molar-refractivity contribution in [2.75, 3.05) is 0 Å². The van der Waals surface area contributed by atoms with Gasteiger partial charge in [-0.05, 0) is 44.7 Å².